The fourth-order valence-electron chi connectivity index (χ4n) is 1.36. The van der Waals surface area contributed by atoms with Crippen molar-refractivity contribution in [3.8, 4) is 0 Å². The van der Waals surface area contributed by atoms with Gasteiger partial charge in [-0.05, 0) is 36.3 Å². The van der Waals surface area contributed by atoms with Gasteiger partial charge in [-0.2, -0.15) is 4.37 Å². The van der Waals surface area contributed by atoms with E-state index in [0.717, 1.165) is 12.1 Å². The van der Waals surface area contributed by atoms with Crippen LogP contribution in [0.15, 0.2) is 22.9 Å². The Bertz CT molecular complexity index is 462. The van der Waals surface area contributed by atoms with Crippen LogP contribution >= 0.6 is 22.9 Å². The van der Waals surface area contributed by atoms with Gasteiger partial charge in [0.25, 0.3) is 5.91 Å². The predicted molar refractivity (Wildman–Crippen MR) is 67.2 cm³/mol. The summed E-state index contributed by atoms with van der Waals surface area (Å²) in [6.07, 6.45) is 0.889. The summed E-state index contributed by atoms with van der Waals surface area (Å²) in [7, 11) is 0. The highest BCUT2D eigenvalue weighted by Crippen LogP contribution is 2.10. The van der Waals surface area contributed by atoms with Gasteiger partial charge in [-0.1, -0.05) is 6.07 Å². The van der Waals surface area contributed by atoms with Gasteiger partial charge in [0.2, 0.25) is 0 Å². The summed E-state index contributed by atoms with van der Waals surface area (Å²) in [4.78, 5) is 13.0. The number of thiophene rings is 1. The third-order valence-corrected chi connectivity index (χ3v) is 3.89. The third kappa shape index (κ3) is 2.68. The lowest BCUT2D eigenvalue weighted by Gasteiger charge is -2.02. The van der Waals surface area contributed by atoms with Gasteiger partial charge in [-0.3, -0.25) is 4.79 Å². The Labute approximate surface area is 102 Å². The normalized spacial score (nSPS) is 10.3. The Morgan fingerprint density at radius 3 is 3.06 bits per heavy atom. The molecule has 0 spiro atoms. The number of carbonyl (C=O) groups excluding carboxylic acids is 1. The summed E-state index contributed by atoms with van der Waals surface area (Å²) in [6, 6.07) is 4.10. The molecule has 0 radical (unpaired) electrons. The lowest BCUT2D eigenvalue weighted by molar-refractivity contribution is 0.0954. The predicted octanol–water partition coefficient (Wildman–Crippen LogP) is 2.49. The molecule has 16 heavy (non-hydrogen) atoms. The van der Waals surface area contributed by atoms with E-state index in [1.54, 1.807) is 16.7 Å². The SMILES string of the molecule is Cc1nscc1C(=O)NCCc1cccs1. The number of aryl methyl sites for hydroxylation is 1. The first kappa shape index (κ1) is 11.3. The number of nitrogens with one attached hydrogen (secondary N) is 1. The number of hydrogen-bond acceptors (Lipinski definition) is 4. The van der Waals surface area contributed by atoms with E-state index >= 15 is 0 Å². The molecule has 5 heteroatoms. The zero-order valence-corrected chi connectivity index (χ0v) is 10.5. The number of carbonyl (C=O) groups is 1. The largest absolute Gasteiger partial charge is 0.352 e. The summed E-state index contributed by atoms with van der Waals surface area (Å²) in [5.74, 6) is -0.0252. The molecule has 2 aromatic rings. The first-order valence-electron chi connectivity index (χ1n) is 4.99. The van der Waals surface area contributed by atoms with Crippen molar-refractivity contribution in [2.75, 3.05) is 6.54 Å². The molecule has 0 atom stereocenters. The molecule has 0 aromatic carbocycles. The second-order valence-electron chi connectivity index (χ2n) is 3.40. The van der Waals surface area contributed by atoms with E-state index < -0.39 is 0 Å². The van der Waals surface area contributed by atoms with Crippen LogP contribution in [-0.2, 0) is 6.42 Å². The molecule has 0 saturated heterocycles. The van der Waals surface area contributed by atoms with Crippen molar-refractivity contribution in [2.45, 2.75) is 13.3 Å². The van der Waals surface area contributed by atoms with E-state index in [1.807, 2.05) is 18.4 Å². The highest BCUT2D eigenvalue weighted by molar-refractivity contribution is 7.09. The Morgan fingerprint density at radius 2 is 2.44 bits per heavy atom. The maximum atomic E-state index is 11.7. The van der Waals surface area contributed by atoms with Gasteiger partial charge < -0.3 is 5.32 Å². The molecule has 0 aliphatic rings. The van der Waals surface area contributed by atoms with Crippen molar-refractivity contribution < 1.29 is 4.79 Å². The Hall–Kier alpha value is -1.20. The van der Waals surface area contributed by atoms with Crippen LogP contribution in [0.4, 0.5) is 0 Å². The van der Waals surface area contributed by atoms with Gasteiger partial charge in [-0.15, -0.1) is 11.3 Å². The summed E-state index contributed by atoms with van der Waals surface area (Å²) >= 11 is 3.03. The second-order valence-corrected chi connectivity index (χ2v) is 5.06. The maximum absolute atomic E-state index is 11.7. The molecule has 84 valence electrons. The fourth-order valence-corrected chi connectivity index (χ4v) is 2.76. The average molecular weight is 252 g/mol. The molecule has 2 heterocycles. The summed E-state index contributed by atoms with van der Waals surface area (Å²) in [6.45, 7) is 2.53. The molecule has 1 amide bonds. The van der Waals surface area contributed by atoms with E-state index in [1.165, 1.54) is 16.4 Å². The first-order chi connectivity index (χ1) is 7.77. The van der Waals surface area contributed by atoms with E-state index in [9.17, 15) is 4.79 Å². The van der Waals surface area contributed by atoms with Crippen LogP contribution < -0.4 is 5.32 Å². The molecular formula is C11H12N2OS2. The van der Waals surface area contributed by atoms with Crippen molar-refractivity contribution in [1.29, 1.82) is 0 Å². The van der Waals surface area contributed by atoms with Crippen LogP contribution in [0.25, 0.3) is 0 Å². The summed E-state index contributed by atoms with van der Waals surface area (Å²) in [5, 5.41) is 6.73. The van der Waals surface area contributed by atoms with Crippen LogP contribution in [0.1, 0.15) is 20.9 Å². The number of hydrogen-bond donors (Lipinski definition) is 1. The Kier molecular flexibility index (Phi) is 3.69. The molecule has 0 aliphatic heterocycles. The minimum Gasteiger partial charge on any atom is -0.352 e. The summed E-state index contributed by atoms with van der Waals surface area (Å²) in [5.41, 5.74) is 1.50. The van der Waals surface area contributed by atoms with Crippen molar-refractivity contribution in [2.24, 2.45) is 0 Å². The molecule has 2 rings (SSSR count). The minimum absolute atomic E-state index is 0.0252. The fraction of sp³-hybridized carbons (Fsp3) is 0.273. The second kappa shape index (κ2) is 5.23. The number of amides is 1. The zero-order valence-electron chi connectivity index (χ0n) is 8.90. The lowest BCUT2D eigenvalue weighted by atomic mass is 10.2. The van der Waals surface area contributed by atoms with Crippen LogP contribution in [0.2, 0.25) is 0 Å². The minimum atomic E-state index is -0.0252. The van der Waals surface area contributed by atoms with Gasteiger partial charge in [0.1, 0.15) is 0 Å². The van der Waals surface area contributed by atoms with Crippen LogP contribution in [0.5, 0.6) is 0 Å². The molecule has 0 fully saturated rings. The van der Waals surface area contributed by atoms with Gasteiger partial charge in [0.15, 0.2) is 0 Å². The average Bonchev–Trinajstić information content (AvgIpc) is 2.88. The Balaban J connectivity index is 1.83. The molecular weight excluding hydrogens is 240 g/mol. The van der Waals surface area contributed by atoms with Crippen LogP contribution in [0, 0.1) is 6.92 Å². The maximum Gasteiger partial charge on any atom is 0.254 e. The van der Waals surface area contributed by atoms with Crippen LogP contribution in [-0.4, -0.2) is 16.8 Å². The van der Waals surface area contributed by atoms with Gasteiger partial charge in [0, 0.05) is 16.8 Å². The smallest absolute Gasteiger partial charge is 0.254 e. The molecule has 3 nitrogen and oxygen atoms in total. The van der Waals surface area contributed by atoms with Gasteiger partial charge in [0.05, 0.1) is 11.3 Å². The molecule has 0 aliphatic carbocycles. The lowest BCUT2D eigenvalue weighted by Crippen LogP contribution is -2.25. The molecule has 0 saturated carbocycles. The Morgan fingerprint density at radius 1 is 1.56 bits per heavy atom. The quantitative estimate of drug-likeness (QED) is 0.908. The number of aromatic nitrogens is 1. The van der Waals surface area contributed by atoms with Crippen molar-refractivity contribution in [3.05, 3.63) is 39.0 Å². The van der Waals surface area contributed by atoms with E-state index in [-0.39, 0.29) is 5.91 Å². The first-order valence-corrected chi connectivity index (χ1v) is 6.70. The van der Waals surface area contributed by atoms with E-state index in [0.29, 0.717) is 12.1 Å². The molecule has 2 aromatic heterocycles. The monoisotopic (exact) mass is 252 g/mol. The van der Waals surface area contributed by atoms with Crippen molar-refractivity contribution in [3.63, 3.8) is 0 Å². The van der Waals surface area contributed by atoms with Crippen molar-refractivity contribution >= 4 is 28.8 Å². The van der Waals surface area contributed by atoms with Crippen LogP contribution in [0.3, 0.4) is 0 Å². The molecule has 0 bridgehead atoms. The van der Waals surface area contributed by atoms with Gasteiger partial charge >= 0.3 is 0 Å². The topological polar surface area (TPSA) is 42.0 Å². The summed E-state index contributed by atoms with van der Waals surface area (Å²) < 4.78 is 4.08. The molecule has 1 N–H and O–H groups in total. The highest BCUT2D eigenvalue weighted by atomic mass is 32.1. The van der Waals surface area contributed by atoms with Gasteiger partial charge in [-0.25, -0.2) is 0 Å². The van der Waals surface area contributed by atoms with E-state index in [4.69, 9.17) is 0 Å². The number of rotatable bonds is 4. The standard InChI is InChI=1S/C11H12N2OS2/c1-8-10(7-16-13-8)11(14)12-5-4-9-3-2-6-15-9/h2-3,6-7H,4-5H2,1H3,(H,12,14). The van der Waals surface area contributed by atoms with E-state index in [2.05, 4.69) is 15.8 Å². The van der Waals surface area contributed by atoms with Crippen molar-refractivity contribution in [1.82, 2.24) is 9.69 Å². The number of nitrogens with zero attached hydrogens (tertiary/aromatic N) is 1. The highest BCUT2D eigenvalue weighted by Gasteiger charge is 2.09. The molecule has 0 unspecified atom stereocenters. The third-order valence-electron chi connectivity index (χ3n) is 2.23. The zero-order chi connectivity index (χ0) is 11.4.